The summed E-state index contributed by atoms with van der Waals surface area (Å²) in [5.41, 5.74) is 0.568. The number of carbonyl (C=O) groups excluding carboxylic acids is 1. The molecule has 2 N–H and O–H groups in total. The summed E-state index contributed by atoms with van der Waals surface area (Å²) < 4.78 is 14.6. The summed E-state index contributed by atoms with van der Waals surface area (Å²) in [6.07, 6.45) is 0.448. The first kappa shape index (κ1) is 17.2. The molecule has 0 aromatic heterocycles. The second-order valence-corrected chi connectivity index (χ2v) is 5.91. The third-order valence-electron chi connectivity index (χ3n) is 3.33. The van der Waals surface area contributed by atoms with Gasteiger partial charge in [-0.25, -0.2) is 4.39 Å². The molecule has 0 bridgehead atoms. The monoisotopic (exact) mass is 390 g/mol. The highest BCUT2D eigenvalue weighted by molar-refractivity contribution is 9.10. The minimum Gasteiger partial charge on any atom is -0.354 e. The number of nitrogens with zero attached hydrogens (tertiary/aromatic N) is 2. The lowest BCUT2D eigenvalue weighted by molar-refractivity contribution is -0.105. The zero-order valence-electron chi connectivity index (χ0n) is 12.1. The number of benzene rings is 1. The van der Waals surface area contributed by atoms with Crippen molar-refractivity contribution in [2.75, 3.05) is 38.0 Å². The Kier molecular flexibility index (Phi) is 6.16. The molecule has 22 heavy (non-hydrogen) atoms. The number of amidine groups is 1. The Morgan fingerprint density at radius 3 is 2.86 bits per heavy atom. The predicted octanol–water partition coefficient (Wildman–Crippen LogP) is 2.48. The summed E-state index contributed by atoms with van der Waals surface area (Å²) in [5.74, 6) is 0.0372. The van der Waals surface area contributed by atoms with Crippen LogP contribution in [0.3, 0.4) is 0 Å². The lowest BCUT2D eigenvalue weighted by Gasteiger charge is -2.31. The van der Waals surface area contributed by atoms with Crippen LogP contribution < -0.4 is 10.6 Å². The van der Waals surface area contributed by atoms with Gasteiger partial charge in [-0.2, -0.15) is 0 Å². The van der Waals surface area contributed by atoms with Gasteiger partial charge >= 0.3 is 0 Å². The van der Waals surface area contributed by atoms with E-state index in [9.17, 15) is 9.18 Å². The molecule has 2 rings (SSSR count). The topological polar surface area (TPSA) is 56.7 Å². The summed E-state index contributed by atoms with van der Waals surface area (Å²) >= 11 is 9.18. The van der Waals surface area contributed by atoms with Crippen molar-refractivity contribution in [3.8, 4) is 0 Å². The van der Waals surface area contributed by atoms with Crippen molar-refractivity contribution in [2.45, 2.75) is 6.92 Å². The van der Waals surface area contributed by atoms with E-state index in [1.165, 1.54) is 0 Å². The molecule has 1 aliphatic rings. The van der Waals surface area contributed by atoms with Crippen LogP contribution in [0.1, 0.15) is 12.5 Å². The van der Waals surface area contributed by atoms with Crippen LogP contribution in [0.5, 0.6) is 0 Å². The summed E-state index contributed by atoms with van der Waals surface area (Å²) in [6.45, 7) is 5.63. The molecule has 0 radical (unpaired) electrons. The van der Waals surface area contributed by atoms with E-state index in [-0.39, 0.29) is 15.2 Å². The smallest absolute Gasteiger partial charge is 0.211 e. The van der Waals surface area contributed by atoms with Gasteiger partial charge in [-0.05, 0) is 28.9 Å². The van der Waals surface area contributed by atoms with Crippen LogP contribution >= 0.6 is 27.5 Å². The number of halogens is 3. The van der Waals surface area contributed by atoms with Gasteiger partial charge in [0.1, 0.15) is 5.84 Å². The van der Waals surface area contributed by atoms with Gasteiger partial charge in [-0.15, -0.1) is 0 Å². The second kappa shape index (κ2) is 7.89. The van der Waals surface area contributed by atoms with E-state index in [0.717, 1.165) is 26.2 Å². The van der Waals surface area contributed by atoms with E-state index in [0.29, 0.717) is 24.4 Å². The molecule has 1 heterocycles. The number of rotatable bonds is 4. The fraction of sp³-hybridized carbons (Fsp3) is 0.429. The van der Waals surface area contributed by atoms with Crippen LogP contribution in [0.2, 0.25) is 5.02 Å². The Balaban J connectivity index is 2.55. The minimum absolute atomic E-state index is 0.0806. The second-order valence-electron chi connectivity index (χ2n) is 4.71. The Hall–Kier alpha value is -1.18. The molecule has 1 aromatic carbocycles. The molecule has 0 saturated carbocycles. The molecule has 0 spiro atoms. The number of aliphatic imine (C=N–C) groups is 1. The van der Waals surface area contributed by atoms with Gasteiger partial charge in [-0.1, -0.05) is 11.6 Å². The molecule has 1 aromatic rings. The van der Waals surface area contributed by atoms with Crippen molar-refractivity contribution in [3.63, 3.8) is 0 Å². The first-order valence-corrected chi connectivity index (χ1v) is 8.15. The highest BCUT2D eigenvalue weighted by Crippen LogP contribution is 2.34. The van der Waals surface area contributed by atoms with Crippen LogP contribution in [-0.4, -0.2) is 49.9 Å². The zero-order chi connectivity index (χ0) is 16.1. The number of nitrogens with one attached hydrogen (secondary N) is 2. The maximum absolute atomic E-state index is 14.4. The molecule has 1 amide bonds. The SMILES string of the molecule is CCN=C(c1cc(Cl)c(Br)c(F)c1NC=O)N1CCNCC1. The van der Waals surface area contributed by atoms with Crippen LogP contribution in [0.15, 0.2) is 15.5 Å². The molecule has 120 valence electrons. The van der Waals surface area contributed by atoms with Crippen LogP contribution in [0.4, 0.5) is 10.1 Å². The maximum Gasteiger partial charge on any atom is 0.211 e. The Bertz CT molecular complexity index is 591. The fourth-order valence-corrected chi connectivity index (χ4v) is 2.86. The molecule has 0 aliphatic carbocycles. The summed E-state index contributed by atoms with van der Waals surface area (Å²) in [4.78, 5) is 17.4. The van der Waals surface area contributed by atoms with E-state index in [2.05, 4.69) is 36.5 Å². The number of hydrogen-bond donors (Lipinski definition) is 2. The van der Waals surface area contributed by atoms with Crippen molar-refractivity contribution in [1.82, 2.24) is 10.2 Å². The molecule has 1 saturated heterocycles. The summed E-state index contributed by atoms with van der Waals surface area (Å²) in [6, 6.07) is 1.62. The van der Waals surface area contributed by atoms with Crippen molar-refractivity contribution < 1.29 is 9.18 Å². The van der Waals surface area contributed by atoms with Crippen molar-refractivity contribution >= 4 is 45.5 Å². The lowest BCUT2D eigenvalue weighted by atomic mass is 10.1. The van der Waals surface area contributed by atoms with E-state index < -0.39 is 5.82 Å². The number of hydrogen-bond acceptors (Lipinski definition) is 3. The number of anilines is 1. The number of piperazine rings is 1. The third-order valence-corrected chi connectivity index (χ3v) is 4.63. The van der Waals surface area contributed by atoms with Crippen LogP contribution in [-0.2, 0) is 4.79 Å². The van der Waals surface area contributed by atoms with Crippen LogP contribution in [0.25, 0.3) is 0 Å². The molecular formula is C14H17BrClFN4O. The van der Waals surface area contributed by atoms with Gasteiger partial charge in [-0.3, -0.25) is 9.79 Å². The van der Waals surface area contributed by atoms with Crippen molar-refractivity contribution in [2.24, 2.45) is 4.99 Å². The normalized spacial score (nSPS) is 15.8. The molecule has 1 fully saturated rings. The largest absolute Gasteiger partial charge is 0.354 e. The van der Waals surface area contributed by atoms with Crippen molar-refractivity contribution in [1.29, 1.82) is 0 Å². The van der Waals surface area contributed by atoms with Gasteiger partial charge in [0.15, 0.2) is 5.82 Å². The van der Waals surface area contributed by atoms with Gasteiger partial charge in [0, 0.05) is 38.3 Å². The molecule has 1 aliphatic heterocycles. The summed E-state index contributed by atoms with van der Waals surface area (Å²) in [5, 5.41) is 5.92. The van der Waals surface area contributed by atoms with Gasteiger partial charge in [0.25, 0.3) is 0 Å². The van der Waals surface area contributed by atoms with E-state index in [1.54, 1.807) is 6.07 Å². The Labute approximate surface area is 142 Å². The van der Waals surface area contributed by atoms with E-state index >= 15 is 0 Å². The van der Waals surface area contributed by atoms with E-state index in [4.69, 9.17) is 11.6 Å². The number of amides is 1. The standard InChI is InChI=1S/C14H17BrClFN4O/c1-2-19-14(21-5-3-18-4-6-21)9-7-10(16)11(15)12(17)13(9)20-8-22/h7-8,18H,2-6H2,1H3,(H,20,22). The first-order valence-electron chi connectivity index (χ1n) is 6.98. The minimum atomic E-state index is -0.603. The van der Waals surface area contributed by atoms with E-state index in [1.807, 2.05) is 6.92 Å². The maximum atomic E-state index is 14.4. The average molecular weight is 392 g/mol. The van der Waals surface area contributed by atoms with Gasteiger partial charge in [0.2, 0.25) is 6.41 Å². The Morgan fingerprint density at radius 1 is 1.59 bits per heavy atom. The zero-order valence-corrected chi connectivity index (χ0v) is 14.5. The Morgan fingerprint density at radius 2 is 2.27 bits per heavy atom. The molecule has 0 unspecified atom stereocenters. The quantitative estimate of drug-likeness (QED) is 0.359. The van der Waals surface area contributed by atoms with Gasteiger partial charge < -0.3 is 15.5 Å². The molecule has 5 nitrogen and oxygen atoms in total. The summed E-state index contributed by atoms with van der Waals surface area (Å²) in [7, 11) is 0. The molecule has 8 heteroatoms. The first-order chi connectivity index (χ1) is 10.6. The third kappa shape index (κ3) is 3.59. The van der Waals surface area contributed by atoms with Crippen molar-refractivity contribution in [3.05, 3.63) is 26.9 Å². The lowest BCUT2D eigenvalue weighted by Crippen LogP contribution is -2.47. The highest BCUT2D eigenvalue weighted by Gasteiger charge is 2.23. The van der Waals surface area contributed by atoms with Gasteiger partial charge in [0.05, 0.1) is 15.2 Å². The number of carbonyl (C=O) groups is 1. The van der Waals surface area contributed by atoms with Crippen LogP contribution in [0, 0.1) is 5.82 Å². The highest BCUT2D eigenvalue weighted by atomic mass is 79.9. The fourth-order valence-electron chi connectivity index (χ4n) is 2.35. The predicted molar refractivity (Wildman–Crippen MR) is 90.3 cm³/mol. The average Bonchev–Trinajstić information content (AvgIpc) is 2.54. The molecule has 0 atom stereocenters. The molecular weight excluding hydrogens is 375 g/mol.